The molecule has 0 spiro atoms. The lowest BCUT2D eigenvalue weighted by Gasteiger charge is -2.34. The number of Topliss-reactive ketones (excluding diaryl/α,β-unsaturated/α-hetero) is 1. The number of carbonyl (C=O) groups is 2. The Kier molecular flexibility index (Phi) is 7.81. The lowest BCUT2D eigenvalue weighted by atomic mass is 9.82. The maximum Gasteiger partial charge on any atom is 0.250 e. The summed E-state index contributed by atoms with van der Waals surface area (Å²) in [5.74, 6) is 0.262. The predicted molar refractivity (Wildman–Crippen MR) is 125 cm³/mol. The van der Waals surface area contributed by atoms with Crippen molar-refractivity contribution in [3.8, 4) is 17.2 Å². The van der Waals surface area contributed by atoms with Crippen LogP contribution in [0.15, 0.2) is 30.3 Å². The van der Waals surface area contributed by atoms with E-state index in [1.54, 1.807) is 18.2 Å². The maximum atomic E-state index is 13.9. The van der Waals surface area contributed by atoms with Crippen LogP contribution in [-0.2, 0) is 4.57 Å². The Hall–Kier alpha value is -2.14. The number of rotatable bonds is 8. The Balaban J connectivity index is 2.14. The highest BCUT2D eigenvalue weighted by molar-refractivity contribution is 7.67. The number of hydrogen-bond acceptors (Lipinski definition) is 6. The highest BCUT2D eigenvalue weighted by Gasteiger charge is 2.50. The van der Waals surface area contributed by atoms with Gasteiger partial charge >= 0.3 is 0 Å². The first-order valence-electron chi connectivity index (χ1n) is 10.1. The third-order valence-corrected chi connectivity index (χ3v) is 8.45. The van der Waals surface area contributed by atoms with E-state index in [9.17, 15) is 14.2 Å². The van der Waals surface area contributed by atoms with Crippen molar-refractivity contribution in [1.29, 1.82) is 0 Å². The second kappa shape index (κ2) is 10.2. The van der Waals surface area contributed by atoms with Crippen molar-refractivity contribution in [2.24, 2.45) is 0 Å². The van der Waals surface area contributed by atoms with Crippen LogP contribution in [0.2, 0.25) is 10.0 Å². The molecular weight excluding hydrogens is 474 g/mol. The molecular formula is C23H24Cl2O6P. The van der Waals surface area contributed by atoms with Crippen molar-refractivity contribution in [2.75, 3.05) is 21.3 Å². The van der Waals surface area contributed by atoms with Gasteiger partial charge in [0.15, 0.2) is 13.6 Å². The minimum Gasteiger partial charge on any atom is -0.496 e. The Labute approximate surface area is 197 Å². The van der Waals surface area contributed by atoms with Crippen LogP contribution in [0.3, 0.4) is 0 Å². The van der Waals surface area contributed by atoms with Crippen LogP contribution in [0.25, 0.3) is 0 Å². The molecule has 0 aliphatic heterocycles. The van der Waals surface area contributed by atoms with Gasteiger partial charge in [0.1, 0.15) is 28.0 Å². The first-order chi connectivity index (χ1) is 15.3. The molecule has 1 radical (unpaired) electrons. The number of methoxy groups -OCH3 is 3. The summed E-state index contributed by atoms with van der Waals surface area (Å²) in [6.45, 7) is 0. The molecule has 0 bridgehead atoms. The summed E-state index contributed by atoms with van der Waals surface area (Å²) in [6, 6.07) is 7.77. The fourth-order valence-electron chi connectivity index (χ4n) is 4.12. The summed E-state index contributed by atoms with van der Waals surface area (Å²) in [7, 11) is 1.53. The molecule has 1 saturated carbocycles. The van der Waals surface area contributed by atoms with Crippen molar-refractivity contribution < 1.29 is 28.4 Å². The number of ketones is 1. The van der Waals surface area contributed by atoms with Gasteiger partial charge in [-0.05, 0) is 25.0 Å². The van der Waals surface area contributed by atoms with E-state index in [1.165, 1.54) is 33.5 Å². The Bertz CT molecular complexity index is 1020. The number of halogens is 2. The Morgan fingerprint density at radius 3 is 1.88 bits per heavy atom. The quantitative estimate of drug-likeness (QED) is 0.303. The molecule has 1 unspecified atom stereocenters. The molecule has 0 amide bonds. The zero-order valence-electron chi connectivity index (χ0n) is 18.1. The lowest BCUT2D eigenvalue weighted by Crippen LogP contribution is -2.39. The number of ether oxygens (including phenoxy) is 3. The van der Waals surface area contributed by atoms with Crippen LogP contribution < -0.4 is 14.2 Å². The van der Waals surface area contributed by atoms with Crippen molar-refractivity contribution in [3.63, 3.8) is 0 Å². The van der Waals surface area contributed by atoms with E-state index >= 15 is 0 Å². The number of benzene rings is 2. The Morgan fingerprint density at radius 2 is 1.41 bits per heavy atom. The summed E-state index contributed by atoms with van der Waals surface area (Å²) in [5, 5.41) is -1.07. The van der Waals surface area contributed by atoms with Gasteiger partial charge in [-0.3, -0.25) is 14.2 Å². The van der Waals surface area contributed by atoms with Gasteiger partial charge in [0.25, 0.3) is 0 Å². The second-order valence-corrected chi connectivity index (χ2v) is 10.2. The van der Waals surface area contributed by atoms with Gasteiger partial charge in [-0.25, -0.2) is 0 Å². The average molecular weight is 498 g/mol. The number of hydrogen-bond donors (Lipinski definition) is 0. The minimum absolute atomic E-state index is 0.0138. The van der Waals surface area contributed by atoms with E-state index in [4.69, 9.17) is 37.4 Å². The molecule has 171 valence electrons. The first-order valence-corrected chi connectivity index (χ1v) is 12.1. The van der Waals surface area contributed by atoms with Gasteiger partial charge in [-0.15, -0.1) is 0 Å². The summed E-state index contributed by atoms with van der Waals surface area (Å²) in [6.07, 6.45) is 2.82. The van der Waals surface area contributed by atoms with Gasteiger partial charge < -0.3 is 14.2 Å². The van der Waals surface area contributed by atoms with E-state index in [-0.39, 0.29) is 32.7 Å². The number of carbonyl (C=O) groups excluding carboxylic acids is 2. The zero-order chi connectivity index (χ0) is 23.5. The molecule has 1 fully saturated rings. The molecule has 0 N–H and O–H groups in total. The fraction of sp³-hybridized carbons (Fsp3) is 0.391. The largest absolute Gasteiger partial charge is 0.496 e. The molecule has 0 heterocycles. The molecule has 0 aromatic heterocycles. The normalized spacial score (nSPS) is 15.6. The van der Waals surface area contributed by atoms with Crippen LogP contribution in [0, 0.1) is 0 Å². The van der Waals surface area contributed by atoms with Gasteiger partial charge in [0, 0.05) is 12.1 Å². The molecule has 1 atom stereocenters. The van der Waals surface area contributed by atoms with Crippen molar-refractivity contribution >= 4 is 42.3 Å². The summed E-state index contributed by atoms with van der Waals surface area (Å²) in [4.78, 5) is 27.4. The van der Waals surface area contributed by atoms with Gasteiger partial charge in [0.2, 0.25) is 5.52 Å². The van der Waals surface area contributed by atoms with Crippen LogP contribution in [0.1, 0.15) is 52.8 Å². The first kappa shape index (κ1) is 24.5. The molecule has 2 aromatic rings. The van der Waals surface area contributed by atoms with Gasteiger partial charge in [-0.1, -0.05) is 48.5 Å². The molecule has 2 aromatic carbocycles. The van der Waals surface area contributed by atoms with E-state index in [2.05, 4.69) is 0 Å². The van der Waals surface area contributed by atoms with Crippen LogP contribution >= 0.6 is 31.0 Å². The monoisotopic (exact) mass is 497 g/mol. The van der Waals surface area contributed by atoms with E-state index < -0.39 is 24.3 Å². The molecule has 6 nitrogen and oxygen atoms in total. The highest BCUT2D eigenvalue weighted by Crippen LogP contribution is 2.55. The van der Waals surface area contributed by atoms with Crippen LogP contribution in [-0.4, -0.2) is 37.8 Å². The summed E-state index contributed by atoms with van der Waals surface area (Å²) >= 11 is 12.6. The third kappa shape index (κ3) is 4.36. The SMILES string of the molecule is COc1cc(OC)c(C(=O)[P](=O)C2(C(=O)c3c(Cl)cccc3Cl)CCCCC2)c(OC)c1. The van der Waals surface area contributed by atoms with Gasteiger partial charge in [0.05, 0.1) is 36.9 Å². The molecule has 0 saturated heterocycles. The van der Waals surface area contributed by atoms with E-state index in [0.29, 0.717) is 31.4 Å². The molecule has 1 aliphatic carbocycles. The maximum absolute atomic E-state index is 13.9. The molecule has 3 rings (SSSR count). The smallest absolute Gasteiger partial charge is 0.250 e. The second-order valence-electron chi connectivity index (χ2n) is 7.52. The van der Waals surface area contributed by atoms with Crippen LogP contribution in [0.4, 0.5) is 0 Å². The molecule has 32 heavy (non-hydrogen) atoms. The lowest BCUT2D eigenvalue weighted by molar-refractivity contribution is 0.0903. The summed E-state index contributed by atoms with van der Waals surface area (Å²) < 4.78 is 29.9. The van der Waals surface area contributed by atoms with E-state index in [0.717, 1.165) is 6.42 Å². The zero-order valence-corrected chi connectivity index (χ0v) is 20.5. The van der Waals surface area contributed by atoms with Crippen molar-refractivity contribution in [1.82, 2.24) is 0 Å². The van der Waals surface area contributed by atoms with E-state index in [1.807, 2.05) is 0 Å². The van der Waals surface area contributed by atoms with Crippen LogP contribution in [0.5, 0.6) is 17.2 Å². The van der Waals surface area contributed by atoms with Crippen molar-refractivity contribution in [2.45, 2.75) is 37.3 Å². The summed E-state index contributed by atoms with van der Waals surface area (Å²) in [5.41, 5.74) is -0.600. The molecule has 1 aliphatic rings. The topological polar surface area (TPSA) is 78.9 Å². The highest BCUT2D eigenvalue weighted by atomic mass is 35.5. The predicted octanol–water partition coefficient (Wildman–Crippen LogP) is 6.57. The minimum atomic E-state index is -2.72. The standard InChI is InChI=1S/C23H24Cl2O6P/c1-29-14-12-17(30-2)20(18(13-14)31-3)22(27)32(28)23(10-5-4-6-11-23)21(26)19-15(24)8-7-9-16(19)25/h7-9,12-13H,4-6,10-11H2,1-3H3. The van der Waals surface area contributed by atoms with Gasteiger partial charge in [-0.2, -0.15) is 0 Å². The fourth-order valence-corrected chi connectivity index (χ4v) is 6.52. The Morgan fingerprint density at radius 1 is 0.875 bits per heavy atom. The van der Waals surface area contributed by atoms with Crippen molar-refractivity contribution in [3.05, 3.63) is 51.5 Å². The third-order valence-electron chi connectivity index (χ3n) is 5.80. The molecule has 9 heteroatoms. The average Bonchev–Trinajstić information content (AvgIpc) is 2.82.